The van der Waals surface area contributed by atoms with E-state index in [1.54, 1.807) is 18.2 Å². The van der Waals surface area contributed by atoms with Crippen molar-refractivity contribution < 1.29 is 28.5 Å². The van der Waals surface area contributed by atoms with Crippen LogP contribution in [0.3, 0.4) is 0 Å². The molecule has 0 aromatic heterocycles. The van der Waals surface area contributed by atoms with Gasteiger partial charge in [0.15, 0.2) is 24.2 Å². The minimum absolute atomic E-state index is 0.354. The molecule has 0 spiro atoms. The maximum absolute atomic E-state index is 11.8. The summed E-state index contributed by atoms with van der Waals surface area (Å²) in [5, 5.41) is 2.62. The Morgan fingerprint density at radius 3 is 2.68 bits per heavy atom. The number of benzene rings is 1. The summed E-state index contributed by atoms with van der Waals surface area (Å²) in [4.78, 5) is 23.4. The van der Waals surface area contributed by atoms with Gasteiger partial charge in [0.2, 0.25) is 0 Å². The monoisotopic (exact) mass is 309 g/mol. The Bertz CT molecular complexity index is 539. The van der Waals surface area contributed by atoms with Crippen LogP contribution in [-0.4, -0.2) is 45.4 Å². The van der Waals surface area contributed by atoms with E-state index in [0.717, 1.165) is 6.42 Å². The summed E-state index contributed by atoms with van der Waals surface area (Å²) in [6, 6.07) is 4.96. The first-order chi connectivity index (χ1) is 10.6. The third kappa shape index (κ3) is 4.11. The van der Waals surface area contributed by atoms with Crippen LogP contribution in [0.1, 0.15) is 12.8 Å². The Kier molecular flexibility index (Phi) is 5.60. The normalized spacial score (nSPS) is 16.9. The lowest BCUT2D eigenvalue weighted by atomic mass is 10.2. The molecule has 0 radical (unpaired) electrons. The predicted octanol–water partition coefficient (Wildman–Crippen LogP) is 1.36. The molecule has 0 bridgehead atoms. The molecule has 7 nitrogen and oxygen atoms in total. The van der Waals surface area contributed by atoms with Gasteiger partial charge in [-0.15, -0.1) is 0 Å². The van der Waals surface area contributed by atoms with E-state index in [1.165, 1.54) is 14.2 Å². The number of hydrogen-bond acceptors (Lipinski definition) is 6. The number of anilines is 1. The summed E-state index contributed by atoms with van der Waals surface area (Å²) in [7, 11) is 3.04. The summed E-state index contributed by atoms with van der Waals surface area (Å²) in [6.45, 7) is 0.199. The molecule has 22 heavy (non-hydrogen) atoms. The van der Waals surface area contributed by atoms with Crippen LogP contribution in [0.5, 0.6) is 11.5 Å². The number of rotatable bonds is 6. The zero-order valence-corrected chi connectivity index (χ0v) is 12.6. The van der Waals surface area contributed by atoms with Crippen molar-refractivity contribution in [3.63, 3.8) is 0 Å². The lowest BCUT2D eigenvalue weighted by Crippen LogP contribution is -2.27. The standard InChI is InChI=1S/C15H19NO6/c1-19-11-6-5-10(8-13(11)20-2)16-14(17)9-22-15(18)12-4-3-7-21-12/h5-6,8,12H,3-4,7,9H2,1-2H3,(H,16,17)/t12-/m0/s1. The molecule has 2 rings (SSSR count). The molecule has 1 aliphatic heterocycles. The highest BCUT2D eigenvalue weighted by molar-refractivity contribution is 5.93. The van der Waals surface area contributed by atoms with Crippen molar-refractivity contribution in [2.45, 2.75) is 18.9 Å². The number of nitrogens with one attached hydrogen (secondary N) is 1. The molecule has 1 fully saturated rings. The molecule has 1 N–H and O–H groups in total. The second-order valence-electron chi connectivity index (χ2n) is 4.73. The second-order valence-corrected chi connectivity index (χ2v) is 4.73. The Morgan fingerprint density at radius 1 is 1.27 bits per heavy atom. The smallest absolute Gasteiger partial charge is 0.335 e. The maximum Gasteiger partial charge on any atom is 0.335 e. The van der Waals surface area contributed by atoms with E-state index < -0.39 is 18.0 Å². The average molecular weight is 309 g/mol. The summed E-state index contributed by atoms with van der Waals surface area (Å²) < 4.78 is 20.4. The number of amides is 1. The number of carbonyl (C=O) groups excluding carboxylic acids is 2. The lowest BCUT2D eigenvalue weighted by molar-refractivity contribution is -0.156. The van der Waals surface area contributed by atoms with Crippen molar-refractivity contribution >= 4 is 17.6 Å². The second kappa shape index (κ2) is 7.65. The molecular formula is C15H19NO6. The van der Waals surface area contributed by atoms with Crippen LogP contribution in [0.15, 0.2) is 18.2 Å². The molecule has 1 aromatic rings. The van der Waals surface area contributed by atoms with Gasteiger partial charge < -0.3 is 24.3 Å². The third-order valence-corrected chi connectivity index (χ3v) is 3.21. The van der Waals surface area contributed by atoms with Gasteiger partial charge in [0.1, 0.15) is 0 Å². The van der Waals surface area contributed by atoms with E-state index in [2.05, 4.69) is 5.32 Å². The van der Waals surface area contributed by atoms with Gasteiger partial charge >= 0.3 is 5.97 Å². The molecule has 1 aromatic carbocycles. The third-order valence-electron chi connectivity index (χ3n) is 3.21. The molecule has 1 saturated heterocycles. The van der Waals surface area contributed by atoms with Crippen molar-refractivity contribution in [2.75, 3.05) is 32.8 Å². The Morgan fingerprint density at radius 2 is 2.05 bits per heavy atom. The topological polar surface area (TPSA) is 83.1 Å². The lowest BCUT2D eigenvalue weighted by Gasteiger charge is -2.12. The highest BCUT2D eigenvalue weighted by Gasteiger charge is 2.25. The molecule has 0 aliphatic carbocycles. The van der Waals surface area contributed by atoms with E-state index in [4.69, 9.17) is 18.9 Å². The van der Waals surface area contributed by atoms with Crippen LogP contribution in [0, 0.1) is 0 Å². The zero-order valence-electron chi connectivity index (χ0n) is 12.6. The number of carbonyl (C=O) groups is 2. The van der Waals surface area contributed by atoms with Gasteiger partial charge in [0, 0.05) is 18.4 Å². The number of ether oxygens (including phenoxy) is 4. The highest BCUT2D eigenvalue weighted by atomic mass is 16.6. The van der Waals surface area contributed by atoms with Gasteiger partial charge in [0.25, 0.3) is 5.91 Å². The minimum atomic E-state index is -0.547. The molecule has 7 heteroatoms. The van der Waals surface area contributed by atoms with Gasteiger partial charge in [0.05, 0.1) is 14.2 Å². The average Bonchev–Trinajstić information content (AvgIpc) is 3.07. The van der Waals surface area contributed by atoms with Crippen molar-refractivity contribution in [2.24, 2.45) is 0 Å². The summed E-state index contributed by atoms with van der Waals surface area (Å²) >= 11 is 0. The minimum Gasteiger partial charge on any atom is -0.493 e. The van der Waals surface area contributed by atoms with E-state index in [9.17, 15) is 9.59 Å². The fraction of sp³-hybridized carbons (Fsp3) is 0.467. The van der Waals surface area contributed by atoms with Gasteiger partial charge in [-0.1, -0.05) is 0 Å². The fourth-order valence-electron chi connectivity index (χ4n) is 2.10. The van der Waals surface area contributed by atoms with E-state index in [-0.39, 0.29) is 6.61 Å². The molecule has 0 unspecified atom stereocenters. The van der Waals surface area contributed by atoms with Crippen molar-refractivity contribution in [1.29, 1.82) is 0 Å². The predicted molar refractivity (Wildman–Crippen MR) is 78.1 cm³/mol. The van der Waals surface area contributed by atoms with Crippen LogP contribution in [0.2, 0.25) is 0 Å². The van der Waals surface area contributed by atoms with Gasteiger partial charge in [-0.05, 0) is 25.0 Å². The highest BCUT2D eigenvalue weighted by Crippen LogP contribution is 2.29. The fourth-order valence-corrected chi connectivity index (χ4v) is 2.10. The first-order valence-electron chi connectivity index (χ1n) is 6.94. The summed E-state index contributed by atoms with van der Waals surface area (Å²) in [5.41, 5.74) is 0.524. The molecule has 1 atom stereocenters. The zero-order chi connectivity index (χ0) is 15.9. The molecule has 1 amide bonds. The van der Waals surface area contributed by atoms with Crippen LogP contribution in [0.25, 0.3) is 0 Å². The van der Waals surface area contributed by atoms with Gasteiger partial charge in [-0.3, -0.25) is 4.79 Å². The van der Waals surface area contributed by atoms with E-state index >= 15 is 0 Å². The van der Waals surface area contributed by atoms with Gasteiger partial charge in [-0.2, -0.15) is 0 Å². The first-order valence-corrected chi connectivity index (χ1v) is 6.94. The van der Waals surface area contributed by atoms with Gasteiger partial charge in [-0.25, -0.2) is 4.79 Å². The Hall–Kier alpha value is -2.28. The van der Waals surface area contributed by atoms with E-state index in [0.29, 0.717) is 30.2 Å². The summed E-state index contributed by atoms with van der Waals surface area (Å²) in [5.74, 6) is 0.125. The van der Waals surface area contributed by atoms with Crippen LogP contribution < -0.4 is 14.8 Å². The van der Waals surface area contributed by atoms with Crippen molar-refractivity contribution in [3.8, 4) is 11.5 Å². The first kappa shape index (κ1) is 16.1. The van der Waals surface area contributed by atoms with Crippen molar-refractivity contribution in [3.05, 3.63) is 18.2 Å². The number of hydrogen-bond donors (Lipinski definition) is 1. The largest absolute Gasteiger partial charge is 0.493 e. The Labute approximate surface area is 128 Å². The number of esters is 1. The Balaban J connectivity index is 1.85. The van der Waals surface area contributed by atoms with Crippen LogP contribution in [0.4, 0.5) is 5.69 Å². The molecule has 0 saturated carbocycles. The maximum atomic E-state index is 11.8. The SMILES string of the molecule is COc1ccc(NC(=O)COC(=O)[C@@H]2CCCO2)cc1OC. The molecule has 120 valence electrons. The molecule has 1 aliphatic rings. The quantitative estimate of drug-likeness (QED) is 0.799. The van der Waals surface area contributed by atoms with Crippen LogP contribution >= 0.6 is 0 Å². The molecular weight excluding hydrogens is 290 g/mol. The van der Waals surface area contributed by atoms with E-state index in [1.807, 2.05) is 0 Å². The van der Waals surface area contributed by atoms with Crippen LogP contribution in [-0.2, 0) is 19.1 Å². The number of methoxy groups -OCH3 is 2. The molecule has 1 heterocycles. The summed E-state index contributed by atoms with van der Waals surface area (Å²) in [6.07, 6.45) is 0.919. The van der Waals surface area contributed by atoms with Crippen molar-refractivity contribution in [1.82, 2.24) is 0 Å².